The van der Waals surface area contributed by atoms with Crippen LogP contribution in [0.1, 0.15) is 31.0 Å². The fourth-order valence-corrected chi connectivity index (χ4v) is 3.31. The number of para-hydroxylation sites is 1. The largest absolute Gasteiger partial charge is 0.437 e. The molecule has 2 heterocycles. The molecule has 2 aromatic heterocycles. The first-order chi connectivity index (χ1) is 13.6. The van der Waals surface area contributed by atoms with Crippen molar-refractivity contribution < 1.29 is 17.9 Å². The number of hydrogen-bond donors (Lipinski definition) is 1. The van der Waals surface area contributed by atoms with Crippen molar-refractivity contribution in [1.29, 1.82) is 0 Å². The van der Waals surface area contributed by atoms with Crippen LogP contribution in [0, 0.1) is 0 Å². The zero-order valence-electron chi connectivity index (χ0n) is 16.4. The fourth-order valence-electron chi connectivity index (χ4n) is 2.58. The number of rotatable bonds is 6. The van der Waals surface area contributed by atoms with Crippen LogP contribution in [0.5, 0.6) is 11.6 Å². The third-order valence-corrected chi connectivity index (χ3v) is 4.85. The number of nitrogens with zero attached hydrogens (tertiary/aromatic N) is 3. The van der Waals surface area contributed by atoms with Gasteiger partial charge in [0.25, 0.3) is 0 Å². The highest BCUT2D eigenvalue weighted by Gasteiger charge is 2.33. The van der Waals surface area contributed by atoms with Crippen LogP contribution in [0.3, 0.4) is 0 Å². The quantitative estimate of drug-likeness (QED) is 0.506. The molecule has 3 aromatic rings. The van der Waals surface area contributed by atoms with Crippen molar-refractivity contribution in [1.82, 2.24) is 9.97 Å². The number of thiazole rings is 1. The number of nitrogens with one attached hydrogen (secondary N) is 1. The van der Waals surface area contributed by atoms with Gasteiger partial charge in [0.1, 0.15) is 17.3 Å². The maximum absolute atomic E-state index is 12.8. The minimum atomic E-state index is -4.49. The van der Waals surface area contributed by atoms with Gasteiger partial charge in [0.05, 0.1) is 0 Å². The molecule has 0 saturated carbocycles. The molecule has 0 unspecified atom stereocenters. The van der Waals surface area contributed by atoms with E-state index in [4.69, 9.17) is 4.74 Å². The van der Waals surface area contributed by atoms with Gasteiger partial charge in [-0.05, 0) is 29.7 Å². The van der Waals surface area contributed by atoms with Gasteiger partial charge in [-0.3, -0.25) is 0 Å². The third-order valence-electron chi connectivity index (χ3n) is 4.09. The minimum absolute atomic E-state index is 0.110. The number of benzene rings is 1. The summed E-state index contributed by atoms with van der Waals surface area (Å²) in [7, 11) is 3.69. The van der Waals surface area contributed by atoms with Crippen molar-refractivity contribution >= 4 is 28.0 Å². The average molecular weight is 422 g/mol. The highest BCUT2D eigenvalue weighted by atomic mass is 32.1. The van der Waals surface area contributed by atoms with E-state index in [1.54, 1.807) is 12.1 Å². The van der Waals surface area contributed by atoms with Crippen molar-refractivity contribution in [2.24, 2.45) is 0 Å². The summed E-state index contributed by atoms with van der Waals surface area (Å²) in [5.74, 6) is 1.78. The second-order valence-corrected chi connectivity index (χ2v) is 7.73. The van der Waals surface area contributed by atoms with E-state index in [0.29, 0.717) is 17.3 Å². The molecule has 0 bridgehead atoms. The molecule has 0 saturated heterocycles. The zero-order chi connectivity index (χ0) is 21.2. The molecule has 3 rings (SSSR count). The smallest absolute Gasteiger partial charge is 0.434 e. The molecule has 154 valence electrons. The lowest BCUT2D eigenvalue weighted by Crippen LogP contribution is -2.11. The van der Waals surface area contributed by atoms with Gasteiger partial charge in [-0.15, -0.1) is 11.3 Å². The van der Waals surface area contributed by atoms with Gasteiger partial charge in [-0.2, -0.15) is 18.2 Å². The van der Waals surface area contributed by atoms with E-state index in [1.807, 2.05) is 43.3 Å². The van der Waals surface area contributed by atoms with Crippen LogP contribution >= 0.6 is 11.3 Å². The Hall–Kier alpha value is -2.81. The first-order valence-electron chi connectivity index (χ1n) is 8.90. The Kier molecular flexibility index (Phi) is 5.97. The topological polar surface area (TPSA) is 50.3 Å². The molecule has 0 fully saturated rings. The Labute approximate surface area is 171 Å². The molecule has 0 aliphatic heterocycles. The van der Waals surface area contributed by atoms with Crippen molar-refractivity contribution in [3.05, 3.63) is 53.0 Å². The van der Waals surface area contributed by atoms with E-state index in [9.17, 15) is 13.2 Å². The van der Waals surface area contributed by atoms with Crippen LogP contribution < -0.4 is 15.0 Å². The molecular weight excluding hydrogens is 401 g/mol. The van der Waals surface area contributed by atoms with E-state index in [1.165, 1.54) is 0 Å². The first-order valence-corrected chi connectivity index (χ1v) is 9.78. The van der Waals surface area contributed by atoms with Crippen molar-refractivity contribution in [2.75, 3.05) is 24.3 Å². The molecule has 9 heteroatoms. The van der Waals surface area contributed by atoms with Gasteiger partial charge in [0, 0.05) is 19.5 Å². The van der Waals surface area contributed by atoms with E-state index in [0.717, 1.165) is 22.3 Å². The average Bonchev–Trinajstić information content (AvgIpc) is 3.12. The van der Waals surface area contributed by atoms with Gasteiger partial charge in [0.2, 0.25) is 5.88 Å². The summed E-state index contributed by atoms with van der Waals surface area (Å²) in [6.07, 6.45) is -4.49. The Morgan fingerprint density at radius 3 is 2.41 bits per heavy atom. The number of aromatic nitrogens is 2. The van der Waals surface area contributed by atoms with Gasteiger partial charge >= 0.3 is 6.18 Å². The third kappa shape index (κ3) is 4.97. The molecule has 1 N–H and O–H groups in total. The summed E-state index contributed by atoms with van der Waals surface area (Å²) >= 11 is 0.869. The van der Waals surface area contributed by atoms with Crippen molar-refractivity contribution in [3.63, 3.8) is 0 Å². The second kappa shape index (κ2) is 8.28. The molecule has 0 radical (unpaired) electrons. The number of halogens is 3. The molecule has 1 aromatic carbocycles. The molecular formula is C20H21F3N4OS. The summed E-state index contributed by atoms with van der Waals surface area (Å²) in [5.41, 5.74) is 0.497. The van der Waals surface area contributed by atoms with E-state index >= 15 is 0 Å². The summed E-state index contributed by atoms with van der Waals surface area (Å²) in [5, 5.41) is 3.98. The molecule has 0 aliphatic rings. The van der Waals surface area contributed by atoms with Crippen LogP contribution in [-0.4, -0.2) is 24.1 Å². The SMILES string of the molecule is CC(C)c1ccccc1Oc1nc(N(C)C)ccc1Nc1nc(C(F)(F)F)cs1. The van der Waals surface area contributed by atoms with Gasteiger partial charge < -0.3 is 15.0 Å². The second-order valence-electron chi connectivity index (χ2n) is 6.87. The van der Waals surface area contributed by atoms with Gasteiger partial charge in [-0.1, -0.05) is 32.0 Å². The summed E-state index contributed by atoms with van der Waals surface area (Å²) in [6, 6.07) is 11.1. The summed E-state index contributed by atoms with van der Waals surface area (Å²) in [4.78, 5) is 9.95. The Morgan fingerprint density at radius 1 is 1.07 bits per heavy atom. The highest BCUT2D eigenvalue weighted by Crippen LogP contribution is 2.37. The molecule has 0 spiro atoms. The lowest BCUT2D eigenvalue weighted by Gasteiger charge is -2.18. The van der Waals surface area contributed by atoms with Gasteiger partial charge in [0.15, 0.2) is 10.8 Å². The lowest BCUT2D eigenvalue weighted by molar-refractivity contribution is -0.140. The van der Waals surface area contributed by atoms with Gasteiger partial charge in [-0.25, -0.2) is 4.98 Å². The van der Waals surface area contributed by atoms with Crippen molar-refractivity contribution in [2.45, 2.75) is 25.9 Å². The fraction of sp³-hybridized carbons (Fsp3) is 0.300. The van der Waals surface area contributed by atoms with Crippen LogP contribution in [0.25, 0.3) is 0 Å². The van der Waals surface area contributed by atoms with Crippen LogP contribution in [-0.2, 0) is 6.18 Å². The summed E-state index contributed by atoms with van der Waals surface area (Å²) < 4.78 is 44.6. The summed E-state index contributed by atoms with van der Waals surface area (Å²) in [6.45, 7) is 4.11. The van der Waals surface area contributed by atoms with E-state index < -0.39 is 11.9 Å². The molecule has 0 amide bonds. The maximum Gasteiger partial charge on any atom is 0.434 e. The Morgan fingerprint density at radius 2 is 1.79 bits per heavy atom. The first kappa shape index (κ1) is 20.9. The van der Waals surface area contributed by atoms with Crippen LogP contribution in [0.15, 0.2) is 41.8 Å². The maximum atomic E-state index is 12.8. The zero-order valence-corrected chi connectivity index (χ0v) is 17.2. The predicted octanol–water partition coefficient (Wildman–Crippen LogP) is 6.28. The van der Waals surface area contributed by atoms with E-state index in [-0.39, 0.29) is 16.9 Å². The van der Waals surface area contributed by atoms with E-state index in [2.05, 4.69) is 29.1 Å². The number of pyridine rings is 1. The number of alkyl halides is 3. The monoisotopic (exact) mass is 422 g/mol. The Bertz CT molecular complexity index is 986. The highest BCUT2D eigenvalue weighted by molar-refractivity contribution is 7.13. The molecule has 5 nitrogen and oxygen atoms in total. The normalized spacial score (nSPS) is 11.6. The number of hydrogen-bond acceptors (Lipinski definition) is 6. The van der Waals surface area contributed by atoms with Crippen molar-refractivity contribution in [3.8, 4) is 11.6 Å². The lowest BCUT2D eigenvalue weighted by atomic mass is 10.0. The molecule has 0 atom stereocenters. The van der Waals surface area contributed by atoms with Crippen LogP contribution in [0.4, 0.5) is 29.8 Å². The molecule has 0 aliphatic carbocycles. The Balaban J connectivity index is 1.97. The number of ether oxygens (including phenoxy) is 1. The van der Waals surface area contributed by atoms with Crippen LogP contribution in [0.2, 0.25) is 0 Å². The standard InChI is InChI=1S/C20H21F3N4OS/c1-12(2)13-7-5-6-8-15(13)28-18-14(9-10-17(26-18)27(3)4)24-19-25-16(11-29-19)20(21,22)23/h5-12H,1-4H3,(H,24,25). The molecule has 29 heavy (non-hydrogen) atoms. The predicted molar refractivity (Wildman–Crippen MR) is 110 cm³/mol. The number of anilines is 3. The minimum Gasteiger partial charge on any atom is -0.437 e.